The fourth-order valence-electron chi connectivity index (χ4n) is 9.69. The predicted octanol–water partition coefficient (Wildman–Crippen LogP) is 5.61. The zero-order valence-corrected chi connectivity index (χ0v) is 26.6. The molecule has 9 heteroatoms. The van der Waals surface area contributed by atoms with E-state index in [1.807, 2.05) is 50.3 Å². The summed E-state index contributed by atoms with van der Waals surface area (Å²) in [6.07, 6.45) is 4.89. The van der Waals surface area contributed by atoms with Crippen LogP contribution < -0.4 is 5.73 Å². The van der Waals surface area contributed by atoms with E-state index in [4.69, 9.17) is 15.2 Å². The van der Waals surface area contributed by atoms with Gasteiger partial charge in [0.2, 0.25) is 0 Å². The Bertz CT molecular complexity index is 1640. The highest BCUT2D eigenvalue weighted by molar-refractivity contribution is 7.98. The number of thioether (sulfide) groups is 1. The van der Waals surface area contributed by atoms with Crippen molar-refractivity contribution < 1.29 is 33.7 Å². The van der Waals surface area contributed by atoms with Crippen LogP contribution in [0.25, 0.3) is 0 Å². The van der Waals surface area contributed by atoms with E-state index in [9.17, 15) is 19.8 Å². The molecule has 4 aliphatic carbocycles. The van der Waals surface area contributed by atoms with Gasteiger partial charge in [-0.3, -0.25) is 9.59 Å². The first-order chi connectivity index (χ1) is 21.4. The highest BCUT2D eigenvalue weighted by Gasteiger charge is 2.76. The van der Waals surface area contributed by atoms with Crippen molar-refractivity contribution >= 4 is 29.0 Å². The van der Waals surface area contributed by atoms with E-state index >= 15 is 4.39 Å². The van der Waals surface area contributed by atoms with E-state index in [1.54, 1.807) is 18.2 Å². The number of nitrogens with two attached hydrogens (primary N) is 1. The van der Waals surface area contributed by atoms with Crippen LogP contribution in [0.2, 0.25) is 0 Å². The van der Waals surface area contributed by atoms with E-state index in [2.05, 4.69) is 6.92 Å². The lowest BCUT2D eigenvalue weighted by Crippen LogP contribution is -2.63. The molecule has 0 unspecified atom stereocenters. The van der Waals surface area contributed by atoms with Gasteiger partial charge in [-0.2, -0.15) is 0 Å². The number of allylic oxidation sites excluding steroid dienone is 4. The van der Waals surface area contributed by atoms with Crippen LogP contribution in [0.5, 0.6) is 0 Å². The molecule has 2 aromatic rings. The lowest BCUT2D eigenvalue weighted by molar-refractivity contribution is -0.201. The van der Waals surface area contributed by atoms with Crippen molar-refractivity contribution in [2.45, 2.75) is 81.2 Å². The smallest absolute Gasteiger partial charge is 0.193 e. The maximum absolute atomic E-state index is 16.3. The van der Waals surface area contributed by atoms with Crippen LogP contribution in [0.4, 0.5) is 10.1 Å². The van der Waals surface area contributed by atoms with Crippen molar-refractivity contribution in [3.05, 3.63) is 82.7 Å². The molecule has 7 rings (SSSR count). The monoisotopic (exact) mass is 633 g/mol. The molecule has 238 valence electrons. The average Bonchev–Trinajstić information content (AvgIpc) is 3.49. The van der Waals surface area contributed by atoms with Crippen molar-refractivity contribution in [1.82, 2.24) is 0 Å². The molecule has 2 aromatic carbocycles. The zero-order chi connectivity index (χ0) is 31.9. The third-order valence-electron chi connectivity index (χ3n) is 11.7. The largest absolute Gasteiger partial charge is 0.399 e. The second kappa shape index (κ2) is 10.9. The van der Waals surface area contributed by atoms with E-state index in [-0.39, 0.29) is 35.5 Å². The first kappa shape index (κ1) is 30.8. The Hall–Kier alpha value is -2.82. The molecule has 0 aromatic heterocycles. The van der Waals surface area contributed by atoms with Crippen molar-refractivity contribution in [1.29, 1.82) is 0 Å². The number of nitrogen functional groups attached to an aromatic ring is 1. The number of aryl methyl sites for hydroxylation is 1. The maximum Gasteiger partial charge on any atom is 0.193 e. The highest BCUT2D eigenvalue weighted by Crippen LogP contribution is 2.70. The van der Waals surface area contributed by atoms with Crippen molar-refractivity contribution in [2.75, 3.05) is 12.3 Å². The Morgan fingerprint density at radius 3 is 2.78 bits per heavy atom. The van der Waals surface area contributed by atoms with Gasteiger partial charge in [0.15, 0.2) is 23.5 Å². The van der Waals surface area contributed by atoms with Gasteiger partial charge in [-0.15, -0.1) is 11.8 Å². The number of benzene rings is 2. The number of hydrogen-bond donors (Lipinski definition) is 3. The number of ether oxygens (including phenoxy) is 2. The molecule has 7 nitrogen and oxygen atoms in total. The molecule has 0 bridgehead atoms. The fraction of sp³-hybridized carbons (Fsp3) is 0.500. The molecule has 1 aliphatic heterocycles. The Morgan fingerprint density at radius 2 is 2.02 bits per heavy atom. The molecule has 9 atom stereocenters. The summed E-state index contributed by atoms with van der Waals surface area (Å²) in [5.74, 6) is -0.586. The summed E-state index contributed by atoms with van der Waals surface area (Å²) in [7, 11) is 0. The van der Waals surface area contributed by atoms with Crippen LogP contribution in [0.15, 0.2) is 65.1 Å². The number of anilines is 1. The minimum atomic E-state index is -1.54. The van der Waals surface area contributed by atoms with Crippen LogP contribution in [-0.2, 0) is 24.8 Å². The molecule has 4 fully saturated rings. The van der Waals surface area contributed by atoms with E-state index in [0.717, 1.165) is 29.5 Å². The zero-order valence-electron chi connectivity index (χ0n) is 25.8. The molecular weight excluding hydrogens is 593 g/mol. The molecule has 0 spiro atoms. The number of rotatable bonds is 6. The predicted molar refractivity (Wildman–Crippen MR) is 168 cm³/mol. The molecular formula is C36H40FNO6S. The van der Waals surface area contributed by atoms with Gasteiger partial charge in [0, 0.05) is 38.6 Å². The molecule has 1 heterocycles. The number of ketones is 2. The summed E-state index contributed by atoms with van der Waals surface area (Å²) < 4.78 is 29.4. The minimum absolute atomic E-state index is 0.0264. The Morgan fingerprint density at radius 1 is 1.22 bits per heavy atom. The summed E-state index contributed by atoms with van der Waals surface area (Å²) in [6, 6.07) is 11.0. The normalized spacial score (nSPS) is 38.3. The molecule has 0 amide bonds. The van der Waals surface area contributed by atoms with Gasteiger partial charge in [-0.05, 0) is 79.9 Å². The first-order valence-electron chi connectivity index (χ1n) is 15.8. The van der Waals surface area contributed by atoms with E-state index in [1.165, 1.54) is 11.8 Å². The lowest BCUT2D eigenvalue weighted by Gasteiger charge is -2.59. The average molecular weight is 634 g/mol. The summed E-state index contributed by atoms with van der Waals surface area (Å²) in [6.45, 7) is 5.18. The van der Waals surface area contributed by atoms with Gasteiger partial charge in [0.25, 0.3) is 0 Å². The van der Waals surface area contributed by atoms with Gasteiger partial charge < -0.3 is 25.4 Å². The summed E-state index contributed by atoms with van der Waals surface area (Å²) >= 11 is 1.37. The SMILES string of the molecule is Cc1ccc([C@@H]2O[C@@H]3C[C@H]4[C@@H]5CCC6=CC(=O)C=C[C@]6(C)[C@H]5[C@@H](O)C[C@]4(C)[C@]3(C(=O)CO)O2)c(F)c1SCc1cccc(N)c1. The topological polar surface area (TPSA) is 119 Å². The first-order valence-corrected chi connectivity index (χ1v) is 16.8. The maximum atomic E-state index is 16.3. The van der Waals surface area contributed by atoms with Gasteiger partial charge in [0.05, 0.1) is 12.2 Å². The van der Waals surface area contributed by atoms with E-state index < -0.39 is 53.1 Å². The molecule has 0 radical (unpaired) electrons. The number of halogens is 1. The summed E-state index contributed by atoms with van der Waals surface area (Å²) in [4.78, 5) is 26.5. The van der Waals surface area contributed by atoms with Crippen molar-refractivity contribution in [3.63, 3.8) is 0 Å². The number of aliphatic hydroxyl groups is 2. The van der Waals surface area contributed by atoms with Crippen LogP contribution in [0, 0.1) is 41.3 Å². The van der Waals surface area contributed by atoms with Crippen LogP contribution >= 0.6 is 11.8 Å². The quantitative estimate of drug-likeness (QED) is 0.278. The summed E-state index contributed by atoms with van der Waals surface area (Å²) in [5.41, 5.74) is 6.73. The Balaban J connectivity index is 1.21. The Labute approximate surface area is 267 Å². The lowest BCUT2D eigenvalue weighted by atomic mass is 9.46. The Kier molecular flexibility index (Phi) is 7.45. The molecule has 1 saturated heterocycles. The second-order valence-electron chi connectivity index (χ2n) is 14.0. The molecule has 4 N–H and O–H groups in total. The van der Waals surface area contributed by atoms with Crippen LogP contribution in [-0.4, -0.2) is 46.2 Å². The van der Waals surface area contributed by atoms with Crippen molar-refractivity contribution in [3.8, 4) is 0 Å². The number of fused-ring (bicyclic) bond motifs is 7. The van der Waals surface area contributed by atoms with Crippen LogP contribution in [0.3, 0.4) is 0 Å². The van der Waals surface area contributed by atoms with Gasteiger partial charge >= 0.3 is 0 Å². The van der Waals surface area contributed by atoms with Gasteiger partial charge in [0.1, 0.15) is 12.4 Å². The van der Waals surface area contributed by atoms with Gasteiger partial charge in [-0.1, -0.05) is 49.8 Å². The number of carbonyl (C=O) groups excluding carboxylic acids is 2. The standard InChI is InChI=1S/C36H40FNO6S/c1-19-7-9-25(31(37)32(19)45-18-20-5-4-6-22(38)13-20)33-43-29-15-26-24-10-8-21-14-23(40)11-12-34(21,2)30(24)27(41)16-35(26,3)36(29,44-33)28(42)17-39/h4-7,9,11-14,24,26-27,29-30,33,39,41H,8,10,15-18,38H2,1-3H3/t24-,26-,27-,29+,30+,33+,34-,35-,36+/m0/s1. The third kappa shape index (κ3) is 4.45. The summed E-state index contributed by atoms with van der Waals surface area (Å²) in [5, 5.41) is 22.1. The number of aliphatic hydroxyl groups excluding tert-OH is 2. The molecule has 3 saturated carbocycles. The van der Waals surface area contributed by atoms with E-state index in [0.29, 0.717) is 22.8 Å². The highest BCUT2D eigenvalue weighted by atomic mass is 32.2. The number of hydrogen-bond acceptors (Lipinski definition) is 8. The van der Waals surface area contributed by atoms with Gasteiger partial charge in [-0.25, -0.2) is 4.39 Å². The molecule has 45 heavy (non-hydrogen) atoms. The third-order valence-corrected chi connectivity index (χ3v) is 13.0. The number of Topliss-reactive ketones (excluding diaryl/α,β-unsaturated/α-hetero) is 1. The second-order valence-corrected chi connectivity index (χ2v) is 15.0. The minimum Gasteiger partial charge on any atom is -0.399 e. The fourth-order valence-corrected chi connectivity index (χ4v) is 10.7. The van der Waals surface area contributed by atoms with Crippen LogP contribution in [0.1, 0.15) is 62.5 Å². The van der Waals surface area contributed by atoms with Crippen molar-refractivity contribution in [2.24, 2.45) is 28.6 Å². The molecule has 5 aliphatic rings. The number of carbonyl (C=O) groups is 2.